The standard InChI is InChI=1S/C18H21NO3/c1-14-12-15(8-9-17(14)21-2)13-19-18(20)10-11-22-16-6-4-3-5-7-16/h3-9,12H,10-11,13H2,1-2H3,(H,19,20). The molecular weight excluding hydrogens is 278 g/mol. The van der Waals surface area contributed by atoms with Crippen LogP contribution < -0.4 is 14.8 Å². The van der Waals surface area contributed by atoms with Gasteiger partial charge in [0.25, 0.3) is 0 Å². The summed E-state index contributed by atoms with van der Waals surface area (Å²) >= 11 is 0. The van der Waals surface area contributed by atoms with Gasteiger partial charge in [-0.25, -0.2) is 0 Å². The van der Waals surface area contributed by atoms with Crippen molar-refractivity contribution in [1.29, 1.82) is 0 Å². The Morgan fingerprint density at radius 3 is 2.59 bits per heavy atom. The van der Waals surface area contributed by atoms with Gasteiger partial charge in [0.15, 0.2) is 0 Å². The Morgan fingerprint density at radius 1 is 1.14 bits per heavy atom. The number of carbonyl (C=O) groups is 1. The number of hydrogen-bond acceptors (Lipinski definition) is 3. The maximum absolute atomic E-state index is 11.8. The van der Waals surface area contributed by atoms with Crippen LogP contribution in [0.4, 0.5) is 0 Å². The number of hydrogen-bond donors (Lipinski definition) is 1. The van der Waals surface area contributed by atoms with Crippen LogP contribution in [0.1, 0.15) is 17.5 Å². The number of carbonyl (C=O) groups excluding carboxylic acids is 1. The highest BCUT2D eigenvalue weighted by Gasteiger charge is 2.04. The van der Waals surface area contributed by atoms with Gasteiger partial charge in [0, 0.05) is 6.54 Å². The Balaban J connectivity index is 1.72. The lowest BCUT2D eigenvalue weighted by Gasteiger charge is -2.09. The Labute approximate surface area is 131 Å². The minimum absolute atomic E-state index is 0.0237. The minimum Gasteiger partial charge on any atom is -0.496 e. The molecule has 0 aliphatic heterocycles. The summed E-state index contributed by atoms with van der Waals surface area (Å²) in [6.45, 7) is 2.87. The fraction of sp³-hybridized carbons (Fsp3) is 0.278. The van der Waals surface area contributed by atoms with Gasteiger partial charge < -0.3 is 14.8 Å². The SMILES string of the molecule is COc1ccc(CNC(=O)CCOc2ccccc2)cc1C. The van der Waals surface area contributed by atoms with E-state index in [4.69, 9.17) is 9.47 Å². The predicted octanol–water partition coefficient (Wildman–Crippen LogP) is 3.09. The van der Waals surface area contributed by atoms with Crippen molar-refractivity contribution in [3.63, 3.8) is 0 Å². The zero-order chi connectivity index (χ0) is 15.8. The van der Waals surface area contributed by atoms with Gasteiger partial charge in [-0.3, -0.25) is 4.79 Å². The molecule has 0 atom stereocenters. The molecule has 2 rings (SSSR count). The van der Waals surface area contributed by atoms with E-state index in [9.17, 15) is 4.79 Å². The van der Waals surface area contributed by atoms with Crippen LogP contribution in [0.5, 0.6) is 11.5 Å². The molecule has 4 nitrogen and oxygen atoms in total. The van der Waals surface area contributed by atoms with Gasteiger partial charge in [-0.2, -0.15) is 0 Å². The summed E-state index contributed by atoms with van der Waals surface area (Å²) in [5.41, 5.74) is 2.11. The van der Waals surface area contributed by atoms with Gasteiger partial charge in [0.1, 0.15) is 11.5 Å². The third-order valence-electron chi connectivity index (χ3n) is 3.29. The third-order valence-corrected chi connectivity index (χ3v) is 3.29. The summed E-state index contributed by atoms with van der Waals surface area (Å²) in [7, 11) is 1.65. The first-order valence-electron chi connectivity index (χ1n) is 7.27. The Kier molecular flexibility index (Phi) is 5.83. The van der Waals surface area contributed by atoms with Crippen molar-refractivity contribution in [2.75, 3.05) is 13.7 Å². The van der Waals surface area contributed by atoms with Gasteiger partial charge in [-0.05, 0) is 36.2 Å². The van der Waals surface area contributed by atoms with E-state index >= 15 is 0 Å². The second kappa shape index (κ2) is 8.08. The molecule has 1 N–H and O–H groups in total. The van der Waals surface area contributed by atoms with E-state index in [0.717, 1.165) is 22.6 Å². The molecule has 22 heavy (non-hydrogen) atoms. The van der Waals surface area contributed by atoms with Crippen LogP contribution in [0.3, 0.4) is 0 Å². The Bertz CT molecular complexity index is 611. The molecule has 0 aromatic heterocycles. The summed E-state index contributed by atoms with van der Waals surface area (Å²) in [5.74, 6) is 1.61. The molecule has 0 aliphatic carbocycles. The number of methoxy groups -OCH3 is 1. The number of nitrogens with one attached hydrogen (secondary N) is 1. The van der Waals surface area contributed by atoms with Crippen molar-refractivity contribution >= 4 is 5.91 Å². The van der Waals surface area contributed by atoms with E-state index in [1.54, 1.807) is 7.11 Å². The van der Waals surface area contributed by atoms with Crippen molar-refractivity contribution in [3.8, 4) is 11.5 Å². The molecular formula is C18H21NO3. The highest BCUT2D eigenvalue weighted by Crippen LogP contribution is 2.18. The zero-order valence-electron chi connectivity index (χ0n) is 13.0. The van der Waals surface area contributed by atoms with Crippen LogP contribution in [0.15, 0.2) is 48.5 Å². The van der Waals surface area contributed by atoms with Crippen LogP contribution >= 0.6 is 0 Å². The summed E-state index contributed by atoms with van der Waals surface area (Å²) in [6.07, 6.45) is 0.337. The normalized spacial score (nSPS) is 10.1. The van der Waals surface area contributed by atoms with Crippen LogP contribution in [-0.4, -0.2) is 19.6 Å². The van der Waals surface area contributed by atoms with Crippen molar-refractivity contribution in [2.45, 2.75) is 19.9 Å². The molecule has 0 radical (unpaired) electrons. The van der Waals surface area contributed by atoms with Gasteiger partial charge >= 0.3 is 0 Å². The molecule has 4 heteroatoms. The lowest BCUT2D eigenvalue weighted by molar-refractivity contribution is -0.121. The largest absolute Gasteiger partial charge is 0.496 e. The Morgan fingerprint density at radius 2 is 1.91 bits per heavy atom. The average Bonchev–Trinajstić information content (AvgIpc) is 2.54. The average molecular weight is 299 g/mol. The first kappa shape index (κ1) is 15.9. The lowest BCUT2D eigenvalue weighted by atomic mass is 10.1. The zero-order valence-corrected chi connectivity index (χ0v) is 13.0. The fourth-order valence-corrected chi connectivity index (χ4v) is 2.12. The van der Waals surface area contributed by atoms with Gasteiger partial charge in [0.2, 0.25) is 5.91 Å². The van der Waals surface area contributed by atoms with E-state index < -0.39 is 0 Å². The first-order valence-corrected chi connectivity index (χ1v) is 7.27. The van der Waals surface area contributed by atoms with Crippen LogP contribution in [0.25, 0.3) is 0 Å². The monoisotopic (exact) mass is 299 g/mol. The molecule has 0 fully saturated rings. The summed E-state index contributed by atoms with van der Waals surface area (Å²) < 4.78 is 10.7. The topological polar surface area (TPSA) is 47.6 Å². The van der Waals surface area contributed by atoms with Crippen LogP contribution in [0, 0.1) is 6.92 Å². The van der Waals surface area contributed by atoms with E-state index in [1.807, 2.05) is 55.5 Å². The molecule has 2 aromatic carbocycles. The number of aryl methyl sites for hydroxylation is 1. The van der Waals surface area contributed by atoms with Gasteiger partial charge in [-0.15, -0.1) is 0 Å². The number of ether oxygens (including phenoxy) is 2. The van der Waals surface area contributed by atoms with Crippen LogP contribution in [0.2, 0.25) is 0 Å². The molecule has 2 aromatic rings. The molecule has 0 saturated carbocycles. The summed E-state index contributed by atoms with van der Waals surface area (Å²) in [5, 5.41) is 2.89. The second-order valence-electron chi connectivity index (χ2n) is 4.99. The molecule has 116 valence electrons. The molecule has 0 bridgehead atoms. The number of rotatable bonds is 7. The van der Waals surface area contributed by atoms with Crippen molar-refractivity contribution in [2.24, 2.45) is 0 Å². The van der Waals surface area contributed by atoms with Crippen molar-refractivity contribution in [1.82, 2.24) is 5.32 Å². The smallest absolute Gasteiger partial charge is 0.223 e. The molecule has 0 heterocycles. The molecule has 1 amide bonds. The molecule has 0 spiro atoms. The highest BCUT2D eigenvalue weighted by atomic mass is 16.5. The van der Waals surface area contributed by atoms with E-state index in [1.165, 1.54) is 0 Å². The lowest BCUT2D eigenvalue weighted by Crippen LogP contribution is -2.24. The van der Waals surface area contributed by atoms with Crippen molar-refractivity contribution in [3.05, 3.63) is 59.7 Å². The van der Waals surface area contributed by atoms with E-state index in [-0.39, 0.29) is 5.91 Å². The second-order valence-corrected chi connectivity index (χ2v) is 4.99. The first-order chi connectivity index (χ1) is 10.7. The quantitative estimate of drug-likeness (QED) is 0.854. The van der Waals surface area contributed by atoms with Gasteiger partial charge in [-0.1, -0.05) is 30.3 Å². The van der Waals surface area contributed by atoms with E-state index in [2.05, 4.69) is 5.32 Å². The van der Waals surface area contributed by atoms with Crippen molar-refractivity contribution < 1.29 is 14.3 Å². The number of benzene rings is 2. The Hall–Kier alpha value is -2.49. The van der Waals surface area contributed by atoms with Gasteiger partial charge in [0.05, 0.1) is 20.1 Å². The number of para-hydroxylation sites is 1. The summed E-state index contributed by atoms with van der Waals surface area (Å²) in [4.78, 5) is 11.8. The maximum atomic E-state index is 11.8. The minimum atomic E-state index is -0.0237. The van der Waals surface area contributed by atoms with E-state index in [0.29, 0.717) is 19.6 Å². The molecule has 0 unspecified atom stereocenters. The number of amides is 1. The third kappa shape index (κ3) is 4.81. The molecule has 0 saturated heterocycles. The highest BCUT2D eigenvalue weighted by molar-refractivity contribution is 5.76. The van der Waals surface area contributed by atoms with Crippen LogP contribution in [-0.2, 0) is 11.3 Å². The fourth-order valence-electron chi connectivity index (χ4n) is 2.12. The predicted molar refractivity (Wildman–Crippen MR) is 86.1 cm³/mol. The molecule has 0 aliphatic rings. The maximum Gasteiger partial charge on any atom is 0.223 e. The summed E-state index contributed by atoms with van der Waals surface area (Å²) in [6, 6.07) is 15.4.